The molecule has 2 nitrogen and oxygen atoms in total. The number of benzene rings is 1. The summed E-state index contributed by atoms with van der Waals surface area (Å²) >= 11 is 5.96. The summed E-state index contributed by atoms with van der Waals surface area (Å²) < 4.78 is 18.0. The number of ether oxygens (including phenoxy) is 1. The lowest BCUT2D eigenvalue weighted by atomic mass is 10.1. The van der Waals surface area contributed by atoms with Gasteiger partial charge < -0.3 is 10.5 Å². The summed E-state index contributed by atoms with van der Waals surface area (Å²) in [5, 5.41) is 0.661. The molecule has 1 aromatic carbocycles. The van der Waals surface area contributed by atoms with Crippen molar-refractivity contribution in [1.82, 2.24) is 0 Å². The van der Waals surface area contributed by atoms with Crippen LogP contribution in [0.5, 0.6) is 5.75 Å². The van der Waals surface area contributed by atoms with Crippen LogP contribution in [0.2, 0.25) is 5.02 Å². The second kappa shape index (κ2) is 6.41. The number of halogens is 3. The Labute approximate surface area is 117 Å². The molecule has 1 saturated carbocycles. The Morgan fingerprint density at radius 2 is 2.28 bits per heavy atom. The van der Waals surface area contributed by atoms with Gasteiger partial charge in [-0.15, -0.1) is 12.4 Å². The van der Waals surface area contributed by atoms with Gasteiger partial charge in [0.1, 0.15) is 18.2 Å². The van der Waals surface area contributed by atoms with Gasteiger partial charge in [-0.1, -0.05) is 18.2 Å². The second-order valence-electron chi connectivity index (χ2n) is 4.33. The van der Waals surface area contributed by atoms with Crippen molar-refractivity contribution < 1.29 is 9.13 Å². The average molecular weight is 292 g/mol. The van der Waals surface area contributed by atoms with Crippen LogP contribution in [0.3, 0.4) is 0 Å². The Morgan fingerprint density at radius 1 is 1.56 bits per heavy atom. The standard InChI is InChI=1S/C13H15ClFNO.ClH/c1-8(15)7-17-13-3-2-10(14)5-12(13)11-4-9(11)6-16;/h2-3,5,9,11H,1,4,6-7,16H2;1H/t9-,11+;/m0./s1. The van der Waals surface area contributed by atoms with Crippen LogP contribution < -0.4 is 10.5 Å². The zero-order valence-corrected chi connectivity index (χ0v) is 11.4. The topological polar surface area (TPSA) is 35.2 Å². The van der Waals surface area contributed by atoms with Gasteiger partial charge in [-0.2, -0.15) is 0 Å². The Hall–Kier alpha value is -0.770. The zero-order valence-electron chi connectivity index (χ0n) is 9.86. The molecule has 2 atom stereocenters. The van der Waals surface area contributed by atoms with Crippen molar-refractivity contribution in [2.24, 2.45) is 11.7 Å². The highest BCUT2D eigenvalue weighted by atomic mass is 35.5. The van der Waals surface area contributed by atoms with Gasteiger partial charge in [-0.25, -0.2) is 4.39 Å². The lowest BCUT2D eigenvalue weighted by Gasteiger charge is -2.11. The number of hydrogen-bond donors (Lipinski definition) is 1. The van der Waals surface area contributed by atoms with Crippen LogP contribution in [0.25, 0.3) is 0 Å². The summed E-state index contributed by atoms with van der Waals surface area (Å²) in [6.07, 6.45) is 1.05. The Bertz CT molecular complexity index is 439. The lowest BCUT2D eigenvalue weighted by molar-refractivity contribution is 0.316. The molecule has 2 N–H and O–H groups in total. The fourth-order valence-electron chi connectivity index (χ4n) is 1.99. The van der Waals surface area contributed by atoms with E-state index in [4.69, 9.17) is 22.1 Å². The molecule has 2 rings (SSSR count). The van der Waals surface area contributed by atoms with Crippen molar-refractivity contribution in [2.75, 3.05) is 13.2 Å². The molecule has 0 aromatic heterocycles. The Kier molecular flexibility index (Phi) is 5.45. The number of nitrogens with two attached hydrogens (primary N) is 1. The van der Waals surface area contributed by atoms with Gasteiger partial charge in [-0.05, 0) is 48.6 Å². The molecule has 0 heterocycles. The van der Waals surface area contributed by atoms with Crippen LogP contribution in [-0.4, -0.2) is 13.2 Å². The van der Waals surface area contributed by atoms with E-state index in [0.29, 0.717) is 29.2 Å². The van der Waals surface area contributed by atoms with Crippen molar-refractivity contribution in [2.45, 2.75) is 12.3 Å². The van der Waals surface area contributed by atoms with Crippen molar-refractivity contribution >= 4 is 24.0 Å². The van der Waals surface area contributed by atoms with Gasteiger partial charge in [0, 0.05) is 5.02 Å². The van der Waals surface area contributed by atoms with Gasteiger partial charge in [0.15, 0.2) is 0 Å². The van der Waals surface area contributed by atoms with E-state index in [9.17, 15) is 4.39 Å². The van der Waals surface area contributed by atoms with Crippen LogP contribution in [0.4, 0.5) is 4.39 Å². The van der Waals surface area contributed by atoms with Crippen LogP contribution >= 0.6 is 24.0 Å². The molecule has 1 aliphatic rings. The predicted octanol–water partition coefficient (Wildman–Crippen LogP) is 3.69. The Morgan fingerprint density at radius 3 is 2.83 bits per heavy atom. The summed E-state index contributed by atoms with van der Waals surface area (Å²) in [7, 11) is 0. The first-order chi connectivity index (χ1) is 8.11. The van der Waals surface area contributed by atoms with E-state index in [0.717, 1.165) is 12.0 Å². The minimum absolute atomic E-state index is 0. The first kappa shape index (κ1) is 15.3. The van der Waals surface area contributed by atoms with E-state index in [1.165, 1.54) is 0 Å². The van der Waals surface area contributed by atoms with E-state index < -0.39 is 5.83 Å². The molecule has 0 unspecified atom stereocenters. The fraction of sp³-hybridized carbons (Fsp3) is 0.385. The third-order valence-corrected chi connectivity index (χ3v) is 3.22. The molecule has 0 spiro atoms. The minimum Gasteiger partial charge on any atom is -0.486 e. The summed E-state index contributed by atoms with van der Waals surface area (Å²) in [6.45, 7) is 3.71. The zero-order chi connectivity index (χ0) is 12.4. The normalized spacial score (nSPS) is 21.1. The van der Waals surface area contributed by atoms with Crippen molar-refractivity contribution in [1.29, 1.82) is 0 Å². The van der Waals surface area contributed by atoms with E-state index >= 15 is 0 Å². The smallest absolute Gasteiger partial charge is 0.139 e. The molecular weight excluding hydrogens is 276 g/mol. The van der Waals surface area contributed by atoms with Crippen molar-refractivity contribution in [3.63, 3.8) is 0 Å². The highest BCUT2D eigenvalue weighted by Crippen LogP contribution is 2.50. The van der Waals surface area contributed by atoms with E-state index in [2.05, 4.69) is 6.58 Å². The monoisotopic (exact) mass is 291 g/mol. The third kappa shape index (κ3) is 3.61. The van der Waals surface area contributed by atoms with Crippen LogP contribution in [0.1, 0.15) is 17.9 Å². The molecule has 0 bridgehead atoms. The fourth-order valence-corrected chi connectivity index (χ4v) is 2.17. The van der Waals surface area contributed by atoms with Gasteiger partial charge in [0.05, 0.1) is 0 Å². The average Bonchev–Trinajstić information content (AvgIpc) is 3.06. The number of rotatable bonds is 5. The second-order valence-corrected chi connectivity index (χ2v) is 4.76. The third-order valence-electron chi connectivity index (χ3n) is 2.98. The Balaban J connectivity index is 0.00000162. The lowest BCUT2D eigenvalue weighted by Crippen LogP contribution is -2.04. The molecule has 1 fully saturated rings. The van der Waals surface area contributed by atoms with Gasteiger partial charge in [0.25, 0.3) is 0 Å². The van der Waals surface area contributed by atoms with E-state index in [1.807, 2.05) is 6.07 Å². The summed E-state index contributed by atoms with van der Waals surface area (Å²) in [5.41, 5.74) is 6.65. The summed E-state index contributed by atoms with van der Waals surface area (Å²) in [4.78, 5) is 0. The first-order valence-corrected chi connectivity index (χ1v) is 5.95. The summed E-state index contributed by atoms with van der Waals surface area (Å²) in [5.74, 6) is 1.07. The quantitative estimate of drug-likeness (QED) is 0.898. The highest BCUT2D eigenvalue weighted by molar-refractivity contribution is 6.30. The van der Waals surface area contributed by atoms with E-state index in [1.54, 1.807) is 12.1 Å². The molecule has 1 aromatic rings. The van der Waals surface area contributed by atoms with E-state index in [-0.39, 0.29) is 19.0 Å². The van der Waals surface area contributed by atoms with Gasteiger partial charge in [-0.3, -0.25) is 0 Å². The highest BCUT2D eigenvalue weighted by Gasteiger charge is 2.38. The molecular formula is C13H16Cl2FNO. The molecule has 100 valence electrons. The maximum Gasteiger partial charge on any atom is 0.139 e. The molecule has 18 heavy (non-hydrogen) atoms. The largest absolute Gasteiger partial charge is 0.486 e. The SMILES string of the molecule is C=C(F)COc1ccc(Cl)cc1[C@@H]1C[C@H]1CN.Cl. The maximum atomic E-state index is 12.6. The van der Waals surface area contributed by atoms with Gasteiger partial charge >= 0.3 is 0 Å². The first-order valence-electron chi connectivity index (χ1n) is 5.57. The molecule has 0 radical (unpaired) electrons. The predicted molar refractivity (Wildman–Crippen MR) is 74.3 cm³/mol. The molecule has 0 amide bonds. The molecule has 5 heteroatoms. The molecule has 0 aliphatic heterocycles. The van der Waals surface area contributed by atoms with Crippen LogP contribution in [0.15, 0.2) is 30.6 Å². The van der Waals surface area contributed by atoms with Crippen LogP contribution in [0, 0.1) is 5.92 Å². The minimum atomic E-state index is -0.489. The number of hydrogen-bond acceptors (Lipinski definition) is 2. The maximum absolute atomic E-state index is 12.6. The van der Waals surface area contributed by atoms with Crippen LogP contribution in [-0.2, 0) is 0 Å². The van der Waals surface area contributed by atoms with Gasteiger partial charge in [0.2, 0.25) is 0 Å². The molecule has 0 saturated heterocycles. The van der Waals surface area contributed by atoms with Crippen molar-refractivity contribution in [3.05, 3.63) is 41.2 Å². The van der Waals surface area contributed by atoms with Crippen molar-refractivity contribution in [3.8, 4) is 5.75 Å². The molecule has 1 aliphatic carbocycles. The summed E-state index contributed by atoms with van der Waals surface area (Å²) in [6, 6.07) is 5.38.